The number of nitrogens with zero attached hydrogens (tertiary/aromatic N) is 4. The van der Waals surface area contributed by atoms with E-state index in [1.165, 1.54) is 0 Å². The van der Waals surface area contributed by atoms with Crippen LogP contribution in [0.15, 0.2) is 24.3 Å². The van der Waals surface area contributed by atoms with E-state index in [1.807, 2.05) is 45.0 Å². The number of urea groups is 2. The molecule has 32 heavy (non-hydrogen) atoms. The number of nitrogens with two attached hydrogens (primary N) is 4. The Kier molecular flexibility index (Phi) is 7.92. The average molecular weight is 464 g/mol. The van der Waals surface area contributed by atoms with Crippen LogP contribution in [0.1, 0.15) is 35.5 Å². The lowest BCUT2D eigenvalue weighted by molar-refractivity contribution is 0.0923. The van der Waals surface area contributed by atoms with Crippen LogP contribution in [0.25, 0.3) is 0 Å². The van der Waals surface area contributed by atoms with Gasteiger partial charge in [-0.15, -0.1) is 0 Å². The molecule has 1 aromatic heterocycles. The van der Waals surface area contributed by atoms with Crippen molar-refractivity contribution in [3.8, 4) is 0 Å². The molecular weight excluding hydrogens is 438 g/mol. The molecule has 2 unspecified atom stereocenters. The van der Waals surface area contributed by atoms with Crippen molar-refractivity contribution in [2.75, 3.05) is 10.0 Å². The van der Waals surface area contributed by atoms with Crippen molar-refractivity contribution in [2.24, 2.45) is 29.1 Å². The molecule has 2 aromatic rings. The molecule has 0 fully saturated rings. The van der Waals surface area contributed by atoms with Crippen molar-refractivity contribution in [3.05, 3.63) is 46.2 Å². The standard InChI is InChI=1S/C19H26ClN9O3/c1-9-6-4-5-7-12(9)8-10(2)11(3)25-17(30)13-15(28(23)18(21)31)27-16(14(20)26-13)29(24)19(22)32/h4-7,10-11H,8,23-24H2,1-3H3,(H2,21,31)(H2,22,32)(H,25,30). The number of rotatable bonds is 7. The summed E-state index contributed by atoms with van der Waals surface area (Å²) >= 11 is 6.03. The second-order valence-electron chi connectivity index (χ2n) is 7.30. The number of hydrogen-bond acceptors (Lipinski definition) is 7. The van der Waals surface area contributed by atoms with Crippen LogP contribution in [0.4, 0.5) is 21.2 Å². The quantitative estimate of drug-likeness (QED) is 0.228. The van der Waals surface area contributed by atoms with Crippen molar-refractivity contribution in [3.63, 3.8) is 0 Å². The number of halogens is 1. The molecule has 0 aliphatic carbocycles. The Balaban J connectivity index is 2.33. The Labute approximate surface area is 189 Å². The van der Waals surface area contributed by atoms with Gasteiger partial charge >= 0.3 is 12.1 Å². The molecule has 0 radical (unpaired) electrons. The number of carbonyl (C=O) groups excluding carboxylic acids is 3. The maximum Gasteiger partial charge on any atom is 0.335 e. The number of aryl methyl sites for hydroxylation is 1. The number of amides is 5. The minimum absolute atomic E-state index is 0.0470. The average Bonchev–Trinajstić information content (AvgIpc) is 2.73. The zero-order valence-electron chi connectivity index (χ0n) is 17.9. The third-order valence-corrected chi connectivity index (χ3v) is 5.23. The van der Waals surface area contributed by atoms with Crippen LogP contribution in [0.2, 0.25) is 5.15 Å². The van der Waals surface area contributed by atoms with Crippen molar-refractivity contribution in [1.29, 1.82) is 0 Å². The van der Waals surface area contributed by atoms with Gasteiger partial charge < -0.3 is 16.8 Å². The lowest BCUT2D eigenvalue weighted by Crippen LogP contribution is -2.46. The van der Waals surface area contributed by atoms with Crippen LogP contribution in [0, 0.1) is 12.8 Å². The number of primary amides is 2. The van der Waals surface area contributed by atoms with Crippen molar-refractivity contribution in [2.45, 2.75) is 33.2 Å². The van der Waals surface area contributed by atoms with Gasteiger partial charge in [-0.2, -0.15) is 0 Å². The summed E-state index contributed by atoms with van der Waals surface area (Å²) in [6, 6.07) is 5.42. The fourth-order valence-electron chi connectivity index (χ4n) is 2.86. The van der Waals surface area contributed by atoms with Gasteiger partial charge in [0.05, 0.1) is 0 Å². The predicted octanol–water partition coefficient (Wildman–Crippen LogP) is 0.953. The minimum Gasteiger partial charge on any atom is -0.350 e. The van der Waals surface area contributed by atoms with E-state index in [9.17, 15) is 14.4 Å². The first kappa shape index (κ1) is 24.8. The monoisotopic (exact) mass is 463 g/mol. The summed E-state index contributed by atoms with van der Waals surface area (Å²) in [6.07, 6.45) is 0.720. The predicted molar refractivity (Wildman–Crippen MR) is 121 cm³/mol. The minimum atomic E-state index is -1.13. The highest BCUT2D eigenvalue weighted by Crippen LogP contribution is 2.26. The number of carbonyl (C=O) groups is 3. The van der Waals surface area contributed by atoms with Gasteiger partial charge in [-0.3, -0.25) is 4.79 Å². The molecule has 5 amide bonds. The molecule has 13 heteroatoms. The van der Waals surface area contributed by atoms with Crippen LogP contribution in [0.5, 0.6) is 0 Å². The number of anilines is 2. The second kappa shape index (κ2) is 10.2. The summed E-state index contributed by atoms with van der Waals surface area (Å²) < 4.78 is 0. The van der Waals surface area contributed by atoms with E-state index in [0.717, 1.165) is 17.5 Å². The van der Waals surface area contributed by atoms with Gasteiger partial charge in [0.25, 0.3) is 5.91 Å². The summed E-state index contributed by atoms with van der Waals surface area (Å²) in [6.45, 7) is 5.83. The Morgan fingerprint density at radius 2 is 1.59 bits per heavy atom. The summed E-state index contributed by atoms with van der Waals surface area (Å²) in [5.41, 5.74) is 12.2. The van der Waals surface area contributed by atoms with Crippen LogP contribution < -0.4 is 38.5 Å². The molecule has 0 bridgehead atoms. The normalized spacial score (nSPS) is 12.6. The van der Waals surface area contributed by atoms with Crippen molar-refractivity contribution < 1.29 is 14.4 Å². The third-order valence-electron chi connectivity index (χ3n) is 4.98. The van der Waals surface area contributed by atoms with Gasteiger partial charge in [0.1, 0.15) is 0 Å². The van der Waals surface area contributed by atoms with E-state index in [0.29, 0.717) is 10.0 Å². The number of hydrogen-bond donors (Lipinski definition) is 5. The molecule has 0 aliphatic rings. The molecule has 9 N–H and O–H groups in total. The van der Waals surface area contributed by atoms with E-state index in [2.05, 4.69) is 15.3 Å². The fraction of sp³-hybridized carbons (Fsp3) is 0.316. The van der Waals surface area contributed by atoms with Crippen molar-refractivity contribution in [1.82, 2.24) is 15.3 Å². The lowest BCUT2D eigenvalue weighted by atomic mass is 9.92. The Hall–Kier alpha value is -3.48. The third kappa shape index (κ3) is 5.60. The Morgan fingerprint density at radius 1 is 1.03 bits per heavy atom. The highest BCUT2D eigenvalue weighted by molar-refractivity contribution is 6.32. The Bertz CT molecular complexity index is 1030. The van der Waals surface area contributed by atoms with Gasteiger partial charge in [-0.25, -0.2) is 41.3 Å². The topological polar surface area (TPSA) is 200 Å². The van der Waals surface area contributed by atoms with E-state index in [4.69, 9.17) is 34.8 Å². The molecular formula is C19H26ClN9O3. The van der Waals surface area contributed by atoms with Gasteiger partial charge in [-0.05, 0) is 37.3 Å². The van der Waals surface area contributed by atoms with Crippen molar-refractivity contribution >= 4 is 41.2 Å². The maximum atomic E-state index is 13.0. The number of benzene rings is 1. The Morgan fingerprint density at radius 3 is 2.16 bits per heavy atom. The van der Waals surface area contributed by atoms with E-state index >= 15 is 0 Å². The zero-order valence-corrected chi connectivity index (χ0v) is 18.6. The zero-order chi connectivity index (χ0) is 24.2. The van der Waals surface area contributed by atoms with E-state index in [-0.39, 0.29) is 17.7 Å². The summed E-state index contributed by atoms with van der Waals surface area (Å²) in [5, 5.41) is 3.17. The van der Waals surface area contributed by atoms with Crippen LogP contribution in [-0.4, -0.2) is 34.0 Å². The SMILES string of the molecule is Cc1ccccc1CC(C)C(C)NC(=O)c1nc(Cl)c(N(N)C(N)=O)nc1N(N)C(N)=O. The van der Waals surface area contributed by atoms with Gasteiger partial charge in [-0.1, -0.05) is 42.8 Å². The number of hydrazine groups is 2. The lowest BCUT2D eigenvalue weighted by Gasteiger charge is -2.24. The maximum absolute atomic E-state index is 13.0. The largest absolute Gasteiger partial charge is 0.350 e. The number of aromatic nitrogens is 2. The molecule has 0 saturated carbocycles. The first-order chi connectivity index (χ1) is 14.9. The van der Waals surface area contributed by atoms with Crippen LogP contribution >= 0.6 is 11.6 Å². The summed E-state index contributed by atoms with van der Waals surface area (Å²) in [4.78, 5) is 43.7. The summed E-state index contributed by atoms with van der Waals surface area (Å²) in [7, 11) is 0. The smallest absolute Gasteiger partial charge is 0.335 e. The molecule has 0 aliphatic heterocycles. The number of nitrogens with one attached hydrogen (secondary N) is 1. The first-order valence-corrected chi connectivity index (χ1v) is 9.93. The second-order valence-corrected chi connectivity index (χ2v) is 7.65. The molecule has 0 saturated heterocycles. The van der Waals surface area contributed by atoms with Gasteiger partial charge in [0, 0.05) is 6.04 Å². The summed E-state index contributed by atoms with van der Waals surface area (Å²) in [5.74, 6) is 9.63. The molecule has 2 atom stereocenters. The first-order valence-electron chi connectivity index (χ1n) is 9.55. The molecule has 1 aromatic carbocycles. The van der Waals surface area contributed by atoms with Crippen LogP contribution in [-0.2, 0) is 6.42 Å². The highest BCUT2D eigenvalue weighted by atomic mass is 35.5. The van der Waals surface area contributed by atoms with E-state index < -0.39 is 34.8 Å². The molecule has 1 heterocycles. The van der Waals surface area contributed by atoms with Gasteiger partial charge in [0.15, 0.2) is 22.5 Å². The van der Waals surface area contributed by atoms with Crippen LogP contribution in [0.3, 0.4) is 0 Å². The molecule has 172 valence electrons. The molecule has 2 rings (SSSR count). The molecule has 12 nitrogen and oxygen atoms in total. The molecule has 0 spiro atoms. The highest BCUT2D eigenvalue weighted by Gasteiger charge is 2.28. The van der Waals surface area contributed by atoms with E-state index in [1.54, 1.807) is 0 Å². The van der Waals surface area contributed by atoms with Gasteiger partial charge in [0.2, 0.25) is 0 Å². The fourth-order valence-corrected chi connectivity index (χ4v) is 3.08.